The second-order valence-corrected chi connectivity index (χ2v) is 6.92. The minimum atomic E-state index is 0.453. The van der Waals surface area contributed by atoms with E-state index >= 15 is 0 Å². The molecule has 27 heavy (non-hydrogen) atoms. The average molecular weight is 442 g/mol. The fourth-order valence-electron chi connectivity index (χ4n) is 2.12. The van der Waals surface area contributed by atoms with Crippen LogP contribution in [0.1, 0.15) is 11.1 Å². The lowest BCUT2D eigenvalue weighted by Gasteiger charge is -2.12. The molecular weight excluding hydrogens is 430 g/mol. The largest absolute Gasteiger partial charge is 0.390 e. The molecule has 138 valence electrons. The summed E-state index contributed by atoms with van der Waals surface area (Å²) in [5.41, 5.74) is 4.81. The van der Waals surface area contributed by atoms with Crippen molar-refractivity contribution in [1.82, 2.24) is 20.2 Å². The summed E-state index contributed by atoms with van der Waals surface area (Å²) in [5.74, 6) is 0. The van der Waals surface area contributed by atoms with Gasteiger partial charge in [-0.2, -0.15) is 5.10 Å². The Balaban J connectivity index is 1.79. The van der Waals surface area contributed by atoms with Crippen LogP contribution >= 0.6 is 46.4 Å². The molecule has 0 bridgehead atoms. The van der Waals surface area contributed by atoms with E-state index in [0.29, 0.717) is 31.4 Å². The molecule has 2 aromatic carbocycles. The van der Waals surface area contributed by atoms with Crippen molar-refractivity contribution in [2.75, 3.05) is 0 Å². The highest BCUT2D eigenvalue weighted by Gasteiger charge is 2.08. The molecule has 0 fully saturated rings. The van der Waals surface area contributed by atoms with Gasteiger partial charge in [-0.25, -0.2) is 15.1 Å². The van der Waals surface area contributed by atoms with E-state index in [1.54, 1.807) is 48.7 Å². The van der Waals surface area contributed by atoms with Gasteiger partial charge >= 0.3 is 0 Å². The molecule has 1 N–H and O–H groups in total. The van der Waals surface area contributed by atoms with Crippen LogP contribution in [-0.2, 0) is 4.84 Å². The zero-order valence-electron chi connectivity index (χ0n) is 13.6. The van der Waals surface area contributed by atoms with E-state index in [2.05, 4.69) is 15.6 Å². The van der Waals surface area contributed by atoms with Crippen LogP contribution in [-0.4, -0.2) is 14.8 Å². The van der Waals surface area contributed by atoms with Crippen LogP contribution in [0.2, 0.25) is 20.1 Å². The molecule has 9 heteroatoms. The molecule has 0 aliphatic heterocycles. The van der Waals surface area contributed by atoms with E-state index in [-0.39, 0.29) is 0 Å². The summed E-state index contributed by atoms with van der Waals surface area (Å²) in [6.45, 7) is 0. The third kappa shape index (κ3) is 5.40. The first kappa shape index (κ1) is 19.6. The quantitative estimate of drug-likeness (QED) is 0.374. The Morgan fingerprint density at radius 2 is 1.74 bits per heavy atom. The lowest BCUT2D eigenvalue weighted by molar-refractivity contribution is 0.187. The lowest BCUT2D eigenvalue weighted by Crippen LogP contribution is -2.11. The SMILES string of the molecule is Clc1ccc(C=CONC(=Cn2cncn2)c2ccc(Cl)cc2Cl)c(Cl)c1. The van der Waals surface area contributed by atoms with Crippen molar-refractivity contribution < 1.29 is 4.84 Å². The number of nitrogens with one attached hydrogen (secondary N) is 1. The first-order valence-electron chi connectivity index (χ1n) is 7.57. The molecular formula is C18H12Cl4N4O. The van der Waals surface area contributed by atoms with Crippen molar-refractivity contribution in [3.8, 4) is 0 Å². The van der Waals surface area contributed by atoms with Crippen molar-refractivity contribution in [3.05, 3.63) is 86.5 Å². The summed E-state index contributed by atoms with van der Waals surface area (Å²) in [6, 6.07) is 10.3. The van der Waals surface area contributed by atoms with Gasteiger partial charge in [0.1, 0.15) is 18.9 Å². The molecule has 0 saturated heterocycles. The summed E-state index contributed by atoms with van der Waals surface area (Å²) in [6.07, 6.45) is 7.78. The average Bonchev–Trinajstić information content (AvgIpc) is 3.12. The minimum Gasteiger partial charge on any atom is -0.390 e. The molecule has 3 rings (SSSR count). The van der Waals surface area contributed by atoms with Gasteiger partial charge < -0.3 is 4.84 Å². The van der Waals surface area contributed by atoms with Crippen molar-refractivity contribution >= 4 is 64.4 Å². The van der Waals surface area contributed by atoms with Crippen LogP contribution in [0.25, 0.3) is 18.0 Å². The molecule has 0 amide bonds. The van der Waals surface area contributed by atoms with E-state index < -0.39 is 0 Å². The van der Waals surface area contributed by atoms with Crippen molar-refractivity contribution in [2.24, 2.45) is 0 Å². The molecule has 0 unspecified atom stereocenters. The van der Waals surface area contributed by atoms with Crippen LogP contribution in [0.5, 0.6) is 0 Å². The molecule has 5 nitrogen and oxygen atoms in total. The smallest absolute Gasteiger partial charge is 0.138 e. The number of hydrogen-bond donors (Lipinski definition) is 1. The first-order valence-corrected chi connectivity index (χ1v) is 9.09. The van der Waals surface area contributed by atoms with Gasteiger partial charge in [0.2, 0.25) is 0 Å². The van der Waals surface area contributed by atoms with E-state index in [0.717, 1.165) is 5.56 Å². The number of aromatic nitrogens is 3. The van der Waals surface area contributed by atoms with Crippen LogP contribution in [0, 0.1) is 0 Å². The minimum absolute atomic E-state index is 0.453. The molecule has 0 aliphatic rings. The predicted octanol–water partition coefficient (Wildman–Crippen LogP) is 6.04. The predicted molar refractivity (Wildman–Crippen MR) is 110 cm³/mol. The van der Waals surface area contributed by atoms with Crippen LogP contribution in [0.4, 0.5) is 0 Å². The summed E-state index contributed by atoms with van der Waals surface area (Å²) in [7, 11) is 0. The van der Waals surface area contributed by atoms with Crippen molar-refractivity contribution in [1.29, 1.82) is 0 Å². The molecule has 0 saturated carbocycles. The Morgan fingerprint density at radius 1 is 1.00 bits per heavy atom. The highest BCUT2D eigenvalue weighted by molar-refractivity contribution is 6.36. The summed E-state index contributed by atoms with van der Waals surface area (Å²) < 4.78 is 1.51. The highest BCUT2D eigenvalue weighted by Crippen LogP contribution is 2.26. The highest BCUT2D eigenvalue weighted by atomic mass is 35.5. The maximum atomic E-state index is 6.29. The van der Waals surface area contributed by atoms with E-state index in [9.17, 15) is 0 Å². The van der Waals surface area contributed by atoms with E-state index in [1.807, 2.05) is 0 Å². The van der Waals surface area contributed by atoms with Crippen LogP contribution in [0.15, 0.2) is 55.3 Å². The summed E-state index contributed by atoms with van der Waals surface area (Å²) >= 11 is 24.3. The summed E-state index contributed by atoms with van der Waals surface area (Å²) in [4.78, 5) is 9.33. The Bertz CT molecular complexity index is 987. The number of halogens is 4. The zero-order chi connectivity index (χ0) is 19.2. The fraction of sp³-hybridized carbons (Fsp3) is 0. The molecule has 0 spiro atoms. The lowest BCUT2D eigenvalue weighted by atomic mass is 10.2. The van der Waals surface area contributed by atoms with Crippen LogP contribution in [0.3, 0.4) is 0 Å². The van der Waals surface area contributed by atoms with Gasteiger partial charge in [0.15, 0.2) is 0 Å². The van der Waals surface area contributed by atoms with E-state index in [4.69, 9.17) is 51.2 Å². The monoisotopic (exact) mass is 440 g/mol. The van der Waals surface area contributed by atoms with Gasteiger partial charge in [-0.3, -0.25) is 0 Å². The third-order valence-corrected chi connectivity index (χ3v) is 4.48. The van der Waals surface area contributed by atoms with Gasteiger partial charge in [-0.05, 0) is 42.0 Å². The molecule has 1 aromatic heterocycles. The van der Waals surface area contributed by atoms with Crippen molar-refractivity contribution in [3.63, 3.8) is 0 Å². The standard InChI is InChI=1S/C18H12Cl4N4O/c19-13-2-1-12(16(21)7-13)5-6-27-25-18(9-26-11-23-10-24-26)15-4-3-14(20)8-17(15)22/h1-11,25H. The normalized spacial score (nSPS) is 11.8. The third-order valence-electron chi connectivity index (χ3n) is 3.37. The fourth-order valence-corrected chi connectivity index (χ4v) is 3.10. The van der Waals surface area contributed by atoms with Gasteiger partial charge in [0.25, 0.3) is 0 Å². The molecule has 1 heterocycles. The molecule has 3 aromatic rings. The van der Waals surface area contributed by atoms with Crippen LogP contribution < -0.4 is 5.48 Å². The number of rotatable bonds is 6. The van der Waals surface area contributed by atoms with Gasteiger partial charge in [-0.15, -0.1) is 0 Å². The Hall–Kier alpha value is -2.18. The topological polar surface area (TPSA) is 52.0 Å². The Labute approximate surface area is 175 Å². The number of nitrogens with zero attached hydrogens (tertiary/aromatic N) is 3. The van der Waals surface area contributed by atoms with E-state index in [1.165, 1.54) is 23.6 Å². The molecule has 0 atom stereocenters. The maximum Gasteiger partial charge on any atom is 0.138 e. The Morgan fingerprint density at radius 3 is 2.41 bits per heavy atom. The Kier molecular flexibility index (Phi) is 6.63. The number of hydroxylamine groups is 1. The number of hydrogen-bond acceptors (Lipinski definition) is 4. The van der Waals surface area contributed by atoms with Gasteiger partial charge in [0, 0.05) is 20.6 Å². The number of benzene rings is 2. The zero-order valence-corrected chi connectivity index (χ0v) is 16.6. The summed E-state index contributed by atoms with van der Waals surface area (Å²) in [5, 5.41) is 6.10. The molecule has 0 radical (unpaired) electrons. The maximum absolute atomic E-state index is 6.29. The van der Waals surface area contributed by atoms with Crippen molar-refractivity contribution in [2.45, 2.75) is 0 Å². The second kappa shape index (κ2) is 9.15. The first-order chi connectivity index (χ1) is 13.0. The molecule has 0 aliphatic carbocycles. The van der Waals surface area contributed by atoms with Gasteiger partial charge in [-0.1, -0.05) is 52.5 Å². The second-order valence-electron chi connectivity index (χ2n) is 5.23. The van der Waals surface area contributed by atoms with Gasteiger partial charge in [0.05, 0.1) is 16.9 Å².